The molecule has 2 heterocycles. The molecular formula is C16H20N4OS. The van der Waals surface area contributed by atoms with E-state index in [1.807, 2.05) is 6.07 Å². The number of amides is 1. The summed E-state index contributed by atoms with van der Waals surface area (Å²) in [5, 5.41) is 8.58. The minimum atomic E-state index is -0.109. The summed E-state index contributed by atoms with van der Waals surface area (Å²) in [6.07, 6.45) is 1.94. The van der Waals surface area contributed by atoms with Crippen molar-refractivity contribution in [3.05, 3.63) is 47.0 Å². The molecule has 1 aliphatic heterocycles. The van der Waals surface area contributed by atoms with Crippen molar-refractivity contribution < 1.29 is 4.79 Å². The lowest BCUT2D eigenvalue weighted by molar-refractivity contribution is 0.0862. The number of hydrogen-bond donors (Lipinski definition) is 1. The molecule has 1 N–H and O–H groups in total. The van der Waals surface area contributed by atoms with E-state index in [9.17, 15) is 4.79 Å². The summed E-state index contributed by atoms with van der Waals surface area (Å²) in [7, 11) is 0. The van der Waals surface area contributed by atoms with Gasteiger partial charge in [-0.15, -0.1) is 5.10 Å². The van der Waals surface area contributed by atoms with E-state index in [4.69, 9.17) is 0 Å². The SMILES string of the molecule is C[C@@H]1C[C@@H](NC(=O)c2csnn2)CCN1Cc1ccccc1. The van der Waals surface area contributed by atoms with Gasteiger partial charge in [0.25, 0.3) is 5.91 Å². The first-order valence-corrected chi connectivity index (χ1v) is 8.42. The van der Waals surface area contributed by atoms with Crippen LogP contribution in [0.2, 0.25) is 0 Å². The number of benzene rings is 1. The molecule has 1 aromatic carbocycles. The smallest absolute Gasteiger partial charge is 0.272 e. The van der Waals surface area contributed by atoms with Gasteiger partial charge in [-0.2, -0.15) is 0 Å². The van der Waals surface area contributed by atoms with E-state index in [-0.39, 0.29) is 11.9 Å². The minimum Gasteiger partial charge on any atom is -0.348 e. The molecule has 2 aromatic rings. The number of piperidine rings is 1. The molecule has 116 valence electrons. The molecule has 22 heavy (non-hydrogen) atoms. The number of likely N-dealkylation sites (tertiary alicyclic amines) is 1. The number of aromatic nitrogens is 2. The monoisotopic (exact) mass is 316 g/mol. The van der Waals surface area contributed by atoms with Crippen molar-refractivity contribution in [2.24, 2.45) is 0 Å². The second kappa shape index (κ2) is 6.98. The molecule has 1 fully saturated rings. The van der Waals surface area contributed by atoms with Gasteiger partial charge in [-0.1, -0.05) is 34.8 Å². The van der Waals surface area contributed by atoms with Crippen LogP contribution in [-0.2, 0) is 6.54 Å². The Balaban J connectivity index is 1.52. The fourth-order valence-corrected chi connectivity index (χ4v) is 3.36. The number of nitrogens with one attached hydrogen (secondary N) is 1. The first-order valence-electron chi connectivity index (χ1n) is 7.58. The molecule has 1 saturated heterocycles. The standard InChI is InChI=1S/C16H20N4OS/c1-12-9-14(17-16(21)15-11-22-19-18-15)7-8-20(12)10-13-5-3-2-4-6-13/h2-6,11-12,14H,7-10H2,1H3,(H,17,21)/t12-,14+/m1/s1. The van der Waals surface area contributed by atoms with Gasteiger partial charge >= 0.3 is 0 Å². The maximum absolute atomic E-state index is 12.0. The highest BCUT2D eigenvalue weighted by Crippen LogP contribution is 2.20. The van der Waals surface area contributed by atoms with E-state index in [0.29, 0.717) is 11.7 Å². The maximum atomic E-state index is 12.0. The van der Waals surface area contributed by atoms with Crippen molar-refractivity contribution in [3.63, 3.8) is 0 Å². The van der Waals surface area contributed by atoms with E-state index in [2.05, 4.69) is 51.0 Å². The molecule has 1 aromatic heterocycles. The second-order valence-electron chi connectivity index (χ2n) is 5.79. The topological polar surface area (TPSA) is 58.1 Å². The van der Waals surface area contributed by atoms with Crippen LogP contribution in [0.1, 0.15) is 35.8 Å². The summed E-state index contributed by atoms with van der Waals surface area (Å²) < 4.78 is 3.73. The van der Waals surface area contributed by atoms with Crippen molar-refractivity contribution in [3.8, 4) is 0 Å². The highest BCUT2D eigenvalue weighted by atomic mass is 32.1. The van der Waals surface area contributed by atoms with Crippen molar-refractivity contribution in [2.45, 2.75) is 38.4 Å². The number of rotatable bonds is 4. The van der Waals surface area contributed by atoms with Gasteiger partial charge in [-0.3, -0.25) is 9.69 Å². The van der Waals surface area contributed by atoms with Crippen molar-refractivity contribution in [1.82, 2.24) is 19.8 Å². The van der Waals surface area contributed by atoms with E-state index < -0.39 is 0 Å². The van der Waals surface area contributed by atoms with E-state index in [1.54, 1.807) is 5.38 Å². The number of carbonyl (C=O) groups is 1. The van der Waals surface area contributed by atoms with Crippen LogP contribution >= 0.6 is 11.5 Å². The second-order valence-corrected chi connectivity index (χ2v) is 6.40. The summed E-state index contributed by atoms with van der Waals surface area (Å²) in [6.45, 7) is 4.20. The van der Waals surface area contributed by atoms with Gasteiger partial charge in [0.2, 0.25) is 0 Å². The first kappa shape index (κ1) is 15.1. The highest BCUT2D eigenvalue weighted by Gasteiger charge is 2.27. The van der Waals surface area contributed by atoms with Crippen LogP contribution in [0, 0.1) is 0 Å². The Morgan fingerprint density at radius 2 is 2.23 bits per heavy atom. The molecule has 0 spiro atoms. The highest BCUT2D eigenvalue weighted by molar-refractivity contribution is 7.03. The number of carbonyl (C=O) groups excluding carboxylic acids is 1. The van der Waals surface area contributed by atoms with Crippen molar-refractivity contribution in [1.29, 1.82) is 0 Å². The lowest BCUT2D eigenvalue weighted by atomic mass is 9.97. The van der Waals surface area contributed by atoms with Gasteiger partial charge in [0.05, 0.1) is 0 Å². The zero-order valence-corrected chi connectivity index (χ0v) is 13.4. The predicted molar refractivity (Wildman–Crippen MR) is 86.7 cm³/mol. The summed E-state index contributed by atoms with van der Waals surface area (Å²) in [5.74, 6) is -0.109. The predicted octanol–water partition coefficient (Wildman–Crippen LogP) is 2.32. The molecule has 0 bridgehead atoms. The molecule has 5 nitrogen and oxygen atoms in total. The van der Waals surface area contributed by atoms with Gasteiger partial charge < -0.3 is 5.32 Å². The molecule has 2 atom stereocenters. The Morgan fingerprint density at radius 3 is 2.91 bits per heavy atom. The fraction of sp³-hybridized carbons (Fsp3) is 0.438. The third kappa shape index (κ3) is 3.69. The van der Waals surface area contributed by atoms with Gasteiger partial charge in [-0.05, 0) is 36.9 Å². The third-order valence-corrected chi connectivity index (χ3v) is 4.67. The van der Waals surface area contributed by atoms with Crippen molar-refractivity contribution >= 4 is 17.4 Å². The maximum Gasteiger partial charge on any atom is 0.272 e. The van der Waals surface area contributed by atoms with Crippen LogP contribution in [-0.4, -0.2) is 39.0 Å². The number of hydrogen-bond acceptors (Lipinski definition) is 5. The lowest BCUT2D eigenvalue weighted by Gasteiger charge is -2.37. The summed E-state index contributed by atoms with van der Waals surface area (Å²) in [6, 6.07) is 11.2. The fourth-order valence-electron chi connectivity index (χ4n) is 2.93. The number of nitrogens with zero attached hydrogens (tertiary/aromatic N) is 3. The van der Waals surface area contributed by atoms with Gasteiger partial charge in [-0.25, -0.2) is 0 Å². The molecule has 1 amide bonds. The molecule has 0 radical (unpaired) electrons. The van der Waals surface area contributed by atoms with Gasteiger partial charge in [0.15, 0.2) is 5.69 Å². The zero-order valence-electron chi connectivity index (χ0n) is 12.6. The van der Waals surface area contributed by atoms with E-state index in [1.165, 1.54) is 17.1 Å². The van der Waals surface area contributed by atoms with Crippen LogP contribution in [0.15, 0.2) is 35.7 Å². The largest absolute Gasteiger partial charge is 0.348 e. The molecule has 3 rings (SSSR count). The normalized spacial score (nSPS) is 22.4. The van der Waals surface area contributed by atoms with Crippen molar-refractivity contribution in [2.75, 3.05) is 6.54 Å². The van der Waals surface area contributed by atoms with Crippen LogP contribution in [0.3, 0.4) is 0 Å². The Morgan fingerprint density at radius 1 is 1.41 bits per heavy atom. The molecule has 6 heteroatoms. The Hall–Kier alpha value is -1.79. The van der Waals surface area contributed by atoms with E-state index in [0.717, 1.165) is 25.9 Å². The van der Waals surface area contributed by atoms with Crippen LogP contribution in [0.25, 0.3) is 0 Å². The summed E-state index contributed by atoms with van der Waals surface area (Å²) in [5.41, 5.74) is 1.76. The van der Waals surface area contributed by atoms with Crippen LogP contribution in [0.4, 0.5) is 0 Å². The van der Waals surface area contributed by atoms with Gasteiger partial charge in [0, 0.05) is 30.6 Å². The Bertz CT molecular complexity index is 602. The first-order chi connectivity index (χ1) is 10.7. The Kier molecular flexibility index (Phi) is 4.80. The minimum absolute atomic E-state index is 0.109. The zero-order chi connectivity index (χ0) is 15.4. The van der Waals surface area contributed by atoms with Crippen LogP contribution < -0.4 is 5.32 Å². The lowest BCUT2D eigenvalue weighted by Crippen LogP contribution is -2.48. The van der Waals surface area contributed by atoms with E-state index >= 15 is 0 Å². The molecule has 0 unspecified atom stereocenters. The third-order valence-electron chi connectivity index (χ3n) is 4.17. The van der Waals surface area contributed by atoms with Crippen LogP contribution in [0.5, 0.6) is 0 Å². The quantitative estimate of drug-likeness (QED) is 0.940. The molecule has 0 saturated carbocycles. The average Bonchev–Trinajstić information content (AvgIpc) is 3.05. The molecule has 0 aliphatic carbocycles. The average molecular weight is 316 g/mol. The van der Waals surface area contributed by atoms with Gasteiger partial charge in [0.1, 0.15) is 0 Å². The Labute approximate surface area is 134 Å². The molecular weight excluding hydrogens is 296 g/mol. The summed E-state index contributed by atoms with van der Waals surface area (Å²) >= 11 is 1.20. The molecule has 1 aliphatic rings. The summed E-state index contributed by atoms with van der Waals surface area (Å²) in [4.78, 5) is 14.5.